The Hall–Kier alpha value is -3.45. The summed E-state index contributed by atoms with van der Waals surface area (Å²) < 4.78 is 40.1. The van der Waals surface area contributed by atoms with Crippen LogP contribution in [0.25, 0.3) is 21.8 Å². The molecule has 0 unspecified atom stereocenters. The first kappa shape index (κ1) is 29.6. The van der Waals surface area contributed by atoms with Gasteiger partial charge in [-0.1, -0.05) is 0 Å². The first-order valence-corrected chi connectivity index (χ1v) is 17.1. The molecule has 2 saturated heterocycles. The largest absolute Gasteiger partial charge is 0.369 e. The Bertz CT molecular complexity index is 1650. The fourth-order valence-electron chi connectivity index (χ4n) is 5.55. The molecule has 4 aromatic rings. The third-order valence-corrected chi connectivity index (χ3v) is 11.3. The van der Waals surface area contributed by atoms with Crippen molar-refractivity contribution in [3.8, 4) is 21.8 Å². The van der Waals surface area contributed by atoms with Crippen LogP contribution in [0.4, 0.5) is 21.7 Å². The summed E-state index contributed by atoms with van der Waals surface area (Å²) in [5, 5.41) is 4.28. The molecule has 2 aromatic heterocycles. The van der Waals surface area contributed by atoms with Crippen LogP contribution in [0.1, 0.15) is 30.7 Å². The number of nitrogens with zero attached hydrogens (tertiary/aromatic N) is 6. The van der Waals surface area contributed by atoms with Crippen molar-refractivity contribution in [1.82, 2.24) is 24.2 Å². The number of benzene rings is 2. The zero-order chi connectivity index (χ0) is 30.0. The Balaban J connectivity index is 1.24. The Labute approximate surface area is 256 Å². The second-order valence-corrected chi connectivity index (χ2v) is 14.3. The van der Waals surface area contributed by atoms with Gasteiger partial charge in [0, 0.05) is 68.3 Å². The number of likely N-dealkylation sites (N-methyl/N-ethyl adjacent to an activating group) is 1. The summed E-state index contributed by atoms with van der Waals surface area (Å²) in [6.45, 7) is 6.78. The molecule has 12 heteroatoms. The van der Waals surface area contributed by atoms with Crippen LogP contribution in [0.5, 0.6) is 0 Å². The van der Waals surface area contributed by atoms with E-state index in [0.717, 1.165) is 58.7 Å². The van der Waals surface area contributed by atoms with E-state index >= 15 is 0 Å². The molecule has 0 radical (unpaired) electrons. The van der Waals surface area contributed by atoms with Gasteiger partial charge in [0.15, 0.2) is 0 Å². The van der Waals surface area contributed by atoms with Crippen molar-refractivity contribution in [3.05, 3.63) is 71.6 Å². The molecule has 9 nitrogen and oxygen atoms in total. The van der Waals surface area contributed by atoms with E-state index in [2.05, 4.69) is 39.3 Å². The fraction of sp³-hybridized carbons (Fsp3) is 0.387. The highest BCUT2D eigenvalue weighted by Crippen LogP contribution is 2.41. The van der Waals surface area contributed by atoms with E-state index < -0.39 is 10.0 Å². The summed E-state index contributed by atoms with van der Waals surface area (Å²) in [5.41, 5.74) is 4.36. The van der Waals surface area contributed by atoms with Crippen molar-refractivity contribution in [1.29, 1.82) is 0 Å². The quantitative estimate of drug-likeness (QED) is 0.278. The molecule has 0 aliphatic carbocycles. The number of aromatic nitrogens is 3. The molecule has 2 aliphatic heterocycles. The summed E-state index contributed by atoms with van der Waals surface area (Å²) in [6, 6.07) is 16.5. The second kappa shape index (κ2) is 12.7. The van der Waals surface area contributed by atoms with Crippen LogP contribution < -0.4 is 10.2 Å². The van der Waals surface area contributed by atoms with Gasteiger partial charge < -0.3 is 15.1 Å². The van der Waals surface area contributed by atoms with Gasteiger partial charge in [0.25, 0.3) is 0 Å². The molecular formula is C31H36FN7O2S2. The zero-order valence-electron chi connectivity index (χ0n) is 24.4. The number of piperazine rings is 1. The molecule has 2 aliphatic rings. The Morgan fingerprint density at radius 3 is 2.30 bits per heavy atom. The molecule has 0 bridgehead atoms. The molecule has 1 N–H and O–H groups in total. The number of halogens is 1. The van der Waals surface area contributed by atoms with Crippen LogP contribution in [0, 0.1) is 5.82 Å². The van der Waals surface area contributed by atoms with E-state index in [1.807, 2.05) is 18.2 Å². The Morgan fingerprint density at radius 2 is 1.63 bits per heavy atom. The molecule has 6 rings (SSSR count). The lowest BCUT2D eigenvalue weighted by molar-refractivity contribution is 0.313. The van der Waals surface area contributed by atoms with Crippen LogP contribution in [-0.2, 0) is 10.0 Å². The predicted molar refractivity (Wildman–Crippen MR) is 171 cm³/mol. The molecule has 43 heavy (non-hydrogen) atoms. The maximum Gasteiger partial charge on any atom is 0.227 e. The highest BCUT2D eigenvalue weighted by atomic mass is 32.2. The SMILES string of the molecule is CCS(=O)(=O)N1CCC(c2nc(-c3ccc(F)cc3)c(-c3ccnc(Nc4ccc(N5CCN(C)CC5)cc4)n3)s2)CC1. The highest BCUT2D eigenvalue weighted by molar-refractivity contribution is 7.89. The van der Waals surface area contributed by atoms with Gasteiger partial charge in [-0.3, -0.25) is 0 Å². The monoisotopic (exact) mass is 621 g/mol. The van der Waals surface area contributed by atoms with Crippen LogP contribution in [0.2, 0.25) is 0 Å². The van der Waals surface area contributed by atoms with Crippen molar-refractivity contribution in [3.63, 3.8) is 0 Å². The lowest BCUT2D eigenvalue weighted by atomic mass is 9.99. The topological polar surface area (TPSA) is 94.6 Å². The van der Waals surface area contributed by atoms with E-state index in [4.69, 9.17) is 9.97 Å². The first-order chi connectivity index (χ1) is 20.8. The molecule has 2 aromatic carbocycles. The van der Waals surface area contributed by atoms with Crippen LogP contribution in [-0.4, -0.2) is 84.6 Å². The minimum absolute atomic E-state index is 0.109. The average Bonchev–Trinajstić information content (AvgIpc) is 3.48. The fourth-order valence-corrected chi connectivity index (χ4v) is 7.91. The third kappa shape index (κ3) is 6.72. The van der Waals surface area contributed by atoms with Crippen molar-refractivity contribution in [2.45, 2.75) is 25.7 Å². The summed E-state index contributed by atoms with van der Waals surface area (Å²) in [5.74, 6) is 0.415. The number of nitrogens with one attached hydrogen (secondary N) is 1. The summed E-state index contributed by atoms with van der Waals surface area (Å²) in [7, 11) is -1.06. The lowest BCUT2D eigenvalue weighted by Gasteiger charge is -2.34. The number of sulfonamides is 1. The number of anilines is 3. The number of rotatable bonds is 8. The maximum atomic E-state index is 13.8. The molecule has 2 fully saturated rings. The van der Waals surface area contributed by atoms with E-state index in [0.29, 0.717) is 31.9 Å². The molecule has 0 spiro atoms. The summed E-state index contributed by atoms with van der Waals surface area (Å²) >= 11 is 1.57. The average molecular weight is 622 g/mol. The molecule has 4 heterocycles. The van der Waals surface area contributed by atoms with Crippen molar-refractivity contribution < 1.29 is 12.8 Å². The van der Waals surface area contributed by atoms with Gasteiger partial charge in [0.2, 0.25) is 16.0 Å². The maximum absolute atomic E-state index is 13.8. The standard InChI is InChI=1S/C31H36FN7O2S2/c1-3-43(40,41)39-16-13-23(14-17-39)30-36-28(22-4-6-24(32)7-5-22)29(42-30)27-12-15-33-31(35-27)34-25-8-10-26(11-9-25)38-20-18-37(2)19-21-38/h4-12,15,23H,3,13-14,16-21H2,1-2H3,(H,33,34,35). The van der Waals surface area contributed by atoms with Gasteiger partial charge in [-0.25, -0.2) is 32.1 Å². The van der Waals surface area contributed by atoms with Gasteiger partial charge in [-0.05, 0) is 81.4 Å². The second-order valence-electron chi connectivity index (χ2n) is 11.0. The number of hydrogen-bond acceptors (Lipinski definition) is 9. The first-order valence-electron chi connectivity index (χ1n) is 14.7. The van der Waals surface area contributed by atoms with Crippen molar-refractivity contribution in [2.24, 2.45) is 0 Å². The van der Waals surface area contributed by atoms with Crippen molar-refractivity contribution >= 4 is 38.7 Å². The van der Waals surface area contributed by atoms with Gasteiger partial charge in [-0.2, -0.15) is 0 Å². The highest BCUT2D eigenvalue weighted by Gasteiger charge is 2.30. The number of hydrogen-bond donors (Lipinski definition) is 1. The Morgan fingerprint density at radius 1 is 0.930 bits per heavy atom. The van der Waals surface area contributed by atoms with Crippen molar-refractivity contribution in [2.75, 3.05) is 62.3 Å². The summed E-state index contributed by atoms with van der Waals surface area (Å²) in [6.07, 6.45) is 3.14. The van der Waals surface area contributed by atoms with E-state index in [-0.39, 0.29) is 17.5 Å². The molecular weight excluding hydrogens is 586 g/mol. The van der Waals surface area contributed by atoms with E-state index in [1.165, 1.54) is 17.8 Å². The Kier molecular flexibility index (Phi) is 8.71. The predicted octanol–water partition coefficient (Wildman–Crippen LogP) is 5.43. The van der Waals surface area contributed by atoms with Gasteiger partial charge >= 0.3 is 0 Å². The number of piperidine rings is 1. The van der Waals surface area contributed by atoms with Gasteiger partial charge in [0.05, 0.1) is 27.0 Å². The normalized spacial score (nSPS) is 17.3. The van der Waals surface area contributed by atoms with E-state index in [1.54, 1.807) is 40.9 Å². The minimum Gasteiger partial charge on any atom is -0.369 e. The van der Waals surface area contributed by atoms with Crippen LogP contribution in [0.3, 0.4) is 0 Å². The van der Waals surface area contributed by atoms with Crippen LogP contribution >= 0.6 is 11.3 Å². The zero-order valence-corrected chi connectivity index (χ0v) is 26.0. The van der Waals surface area contributed by atoms with Gasteiger partial charge in [0.1, 0.15) is 5.82 Å². The molecule has 0 saturated carbocycles. The smallest absolute Gasteiger partial charge is 0.227 e. The van der Waals surface area contributed by atoms with Gasteiger partial charge in [-0.15, -0.1) is 11.3 Å². The molecule has 0 amide bonds. The number of thiazole rings is 1. The molecule has 0 atom stereocenters. The minimum atomic E-state index is -3.21. The van der Waals surface area contributed by atoms with Crippen LogP contribution in [0.15, 0.2) is 60.8 Å². The molecule has 226 valence electrons. The van der Waals surface area contributed by atoms with E-state index in [9.17, 15) is 12.8 Å². The summed E-state index contributed by atoms with van der Waals surface area (Å²) in [4.78, 5) is 20.0. The lowest BCUT2D eigenvalue weighted by Crippen LogP contribution is -2.44. The third-order valence-electron chi connectivity index (χ3n) is 8.20.